The normalized spacial score (nSPS) is 11.8. The number of hydrogen-bond donors (Lipinski definition) is 4. The van der Waals surface area contributed by atoms with Crippen LogP contribution in [0.4, 0.5) is 5.69 Å². The number of hydrogen-bond acceptors (Lipinski definition) is 4. The largest absolute Gasteiger partial charge is 0.394 e. The Bertz CT molecular complexity index is 489. The highest BCUT2D eigenvalue weighted by molar-refractivity contribution is 5.99. The van der Waals surface area contributed by atoms with E-state index in [1.165, 1.54) is 0 Å². The summed E-state index contributed by atoms with van der Waals surface area (Å²) in [5, 5.41) is 14.2. The minimum atomic E-state index is -0.980. The topological polar surface area (TPSA) is 104 Å². The molecule has 0 saturated heterocycles. The van der Waals surface area contributed by atoms with E-state index >= 15 is 0 Å². The molecule has 6 heteroatoms. The van der Waals surface area contributed by atoms with E-state index in [9.17, 15) is 9.59 Å². The Balaban J connectivity index is 2.86. The molecule has 0 aliphatic rings. The van der Waals surface area contributed by atoms with Crippen molar-refractivity contribution in [3.8, 4) is 0 Å². The van der Waals surface area contributed by atoms with Crippen molar-refractivity contribution in [2.45, 2.75) is 26.3 Å². The molecule has 0 aromatic heterocycles. The van der Waals surface area contributed by atoms with Crippen LogP contribution >= 0.6 is 0 Å². The van der Waals surface area contributed by atoms with Crippen LogP contribution in [0.15, 0.2) is 18.2 Å². The van der Waals surface area contributed by atoms with Gasteiger partial charge in [0.1, 0.15) is 6.04 Å². The van der Waals surface area contributed by atoms with Crippen LogP contribution < -0.4 is 16.4 Å². The fraction of sp³-hybridized carbons (Fsp3) is 0.429. The third-order valence-electron chi connectivity index (χ3n) is 2.83. The van der Waals surface area contributed by atoms with Gasteiger partial charge in [0.05, 0.1) is 6.61 Å². The Hall–Kier alpha value is -1.92. The van der Waals surface area contributed by atoms with Gasteiger partial charge in [-0.2, -0.15) is 0 Å². The molecule has 110 valence electrons. The number of rotatable bonds is 6. The SMILES string of the molecule is CCCNC(=O)c1ccc(C)c(NC(=O)[C@@H](N)CO)c1. The third-order valence-corrected chi connectivity index (χ3v) is 2.83. The zero-order valence-corrected chi connectivity index (χ0v) is 11.8. The lowest BCUT2D eigenvalue weighted by Gasteiger charge is -2.13. The van der Waals surface area contributed by atoms with E-state index in [4.69, 9.17) is 10.8 Å². The van der Waals surface area contributed by atoms with Crippen LogP contribution in [0, 0.1) is 6.92 Å². The Morgan fingerprint density at radius 3 is 2.70 bits per heavy atom. The van der Waals surface area contributed by atoms with E-state index in [1.807, 2.05) is 13.8 Å². The third kappa shape index (κ3) is 4.32. The summed E-state index contributed by atoms with van der Waals surface area (Å²) < 4.78 is 0. The number of benzene rings is 1. The summed E-state index contributed by atoms with van der Waals surface area (Å²) in [7, 11) is 0. The smallest absolute Gasteiger partial charge is 0.251 e. The summed E-state index contributed by atoms with van der Waals surface area (Å²) >= 11 is 0. The highest BCUT2D eigenvalue weighted by atomic mass is 16.3. The van der Waals surface area contributed by atoms with Crippen LogP contribution in [0.2, 0.25) is 0 Å². The van der Waals surface area contributed by atoms with Gasteiger partial charge in [-0.15, -0.1) is 0 Å². The summed E-state index contributed by atoms with van der Waals surface area (Å²) in [6.07, 6.45) is 0.854. The molecule has 0 bridgehead atoms. The molecule has 0 aliphatic carbocycles. The average molecular weight is 279 g/mol. The predicted octanol–water partition coefficient (Wildman–Crippen LogP) is 0.393. The molecular formula is C14H21N3O3. The van der Waals surface area contributed by atoms with Crippen LogP contribution in [-0.2, 0) is 4.79 Å². The van der Waals surface area contributed by atoms with E-state index < -0.39 is 18.6 Å². The van der Waals surface area contributed by atoms with Gasteiger partial charge in [0, 0.05) is 17.8 Å². The Labute approximate surface area is 118 Å². The van der Waals surface area contributed by atoms with Crippen LogP contribution in [0.1, 0.15) is 29.3 Å². The maximum atomic E-state index is 11.9. The minimum absolute atomic E-state index is 0.186. The van der Waals surface area contributed by atoms with Crippen molar-refractivity contribution >= 4 is 17.5 Å². The molecule has 1 rings (SSSR count). The Morgan fingerprint density at radius 2 is 2.10 bits per heavy atom. The molecule has 0 heterocycles. The number of amides is 2. The van der Waals surface area contributed by atoms with Crippen LogP contribution in [0.25, 0.3) is 0 Å². The second-order valence-corrected chi connectivity index (χ2v) is 4.56. The summed E-state index contributed by atoms with van der Waals surface area (Å²) in [6.45, 7) is 3.95. The van der Waals surface area contributed by atoms with Crippen molar-refractivity contribution in [1.29, 1.82) is 0 Å². The van der Waals surface area contributed by atoms with Gasteiger partial charge in [-0.25, -0.2) is 0 Å². The summed E-state index contributed by atoms with van der Waals surface area (Å²) in [5.41, 5.74) is 7.24. The summed E-state index contributed by atoms with van der Waals surface area (Å²) in [6, 6.07) is 4.07. The van der Waals surface area contributed by atoms with Gasteiger partial charge in [-0.3, -0.25) is 9.59 Å². The zero-order valence-electron chi connectivity index (χ0n) is 11.8. The maximum absolute atomic E-state index is 11.9. The van der Waals surface area contributed by atoms with Crippen molar-refractivity contribution in [3.63, 3.8) is 0 Å². The lowest BCUT2D eigenvalue weighted by molar-refractivity contribution is -0.118. The maximum Gasteiger partial charge on any atom is 0.251 e. The van der Waals surface area contributed by atoms with Gasteiger partial charge in [0.2, 0.25) is 5.91 Å². The fourth-order valence-electron chi connectivity index (χ4n) is 1.55. The molecule has 5 N–H and O–H groups in total. The molecule has 1 aromatic rings. The number of nitrogens with two attached hydrogens (primary N) is 1. The fourth-order valence-corrected chi connectivity index (χ4v) is 1.55. The molecule has 0 spiro atoms. The van der Waals surface area contributed by atoms with Crippen molar-refractivity contribution in [1.82, 2.24) is 5.32 Å². The van der Waals surface area contributed by atoms with Gasteiger partial charge in [-0.1, -0.05) is 13.0 Å². The number of aliphatic hydroxyl groups excluding tert-OH is 1. The highest BCUT2D eigenvalue weighted by Crippen LogP contribution is 2.17. The molecular weight excluding hydrogens is 258 g/mol. The molecule has 6 nitrogen and oxygen atoms in total. The van der Waals surface area contributed by atoms with E-state index in [-0.39, 0.29) is 5.91 Å². The molecule has 2 amide bonds. The Kier molecular flexibility index (Phi) is 6.14. The number of carbonyl (C=O) groups excluding carboxylic acids is 2. The van der Waals surface area contributed by atoms with Crippen LogP contribution in [-0.4, -0.2) is 36.1 Å². The van der Waals surface area contributed by atoms with Gasteiger partial charge in [-0.05, 0) is 31.0 Å². The number of anilines is 1. The molecule has 0 radical (unpaired) electrons. The van der Waals surface area contributed by atoms with Crippen molar-refractivity contribution < 1.29 is 14.7 Å². The quantitative estimate of drug-likeness (QED) is 0.604. The lowest BCUT2D eigenvalue weighted by Crippen LogP contribution is -2.38. The van der Waals surface area contributed by atoms with Crippen molar-refractivity contribution in [2.75, 3.05) is 18.5 Å². The second kappa shape index (κ2) is 7.62. The van der Waals surface area contributed by atoms with Gasteiger partial charge >= 0.3 is 0 Å². The number of carbonyl (C=O) groups is 2. The average Bonchev–Trinajstić information content (AvgIpc) is 2.45. The van der Waals surface area contributed by atoms with E-state index in [0.717, 1.165) is 12.0 Å². The van der Waals surface area contributed by atoms with Gasteiger partial charge in [0.25, 0.3) is 5.91 Å². The molecule has 1 atom stereocenters. The van der Waals surface area contributed by atoms with Crippen LogP contribution in [0.5, 0.6) is 0 Å². The van der Waals surface area contributed by atoms with E-state index in [2.05, 4.69) is 10.6 Å². The molecule has 1 aromatic carbocycles. The standard InChI is InChI=1S/C14H21N3O3/c1-3-6-16-13(19)10-5-4-9(2)12(7-10)17-14(20)11(15)8-18/h4-5,7,11,18H,3,6,8,15H2,1-2H3,(H,16,19)(H,17,20)/t11-/m0/s1. The number of nitrogens with one attached hydrogen (secondary N) is 2. The van der Waals surface area contributed by atoms with Crippen molar-refractivity contribution in [3.05, 3.63) is 29.3 Å². The molecule has 0 unspecified atom stereocenters. The number of aryl methyl sites for hydroxylation is 1. The first-order chi connectivity index (χ1) is 9.49. The molecule has 0 saturated carbocycles. The first-order valence-corrected chi connectivity index (χ1v) is 6.55. The van der Waals surface area contributed by atoms with E-state index in [0.29, 0.717) is 17.8 Å². The molecule has 0 aliphatic heterocycles. The van der Waals surface area contributed by atoms with Crippen molar-refractivity contribution in [2.24, 2.45) is 5.73 Å². The first-order valence-electron chi connectivity index (χ1n) is 6.55. The van der Waals surface area contributed by atoms with E-state index in [1.54, 1.807) is 18.2 Å². The second-order valence-electron chi connectivity index (χ2n) is 4.56. The summed E-state index contributed by atoms with van der Waals surface area (Å²) in [4.78, 5) is 23.5. The van der Waals surface area contributed by atoms with Gasteiger partial charge in [0.15, 0.2) is 0 Å². The monoisotopic (exact) mass is 279 g/mol. The number of aliphatic hydroxyl groups is 1. The lowest BCUT2D eigenvalue weighted by atomic mass is 10.1. The molecule has 0 fully saturated rings. The minimum Gasteiger partial charge on any atom is -0.394 e. The Morgan fingerprint density at radius 1 is 1.40 bits per heavy atom. The van der Waals surface area contributed by atoms with Gasteiger partial charge < -0.3 is 21.5 Å². The van der Waals surface area contributed by atoms with Crippen LogP contribution in [0.3, 0.4) is 0 Å². The highest BCUT2D eigenvalue weighted by Gasteiger charge is 2.14. The first kappa shape index (κ1) is 16.1. The predicted molar refractivity (Wildman–Crippen MR) is 77.5 cm³/mol. The molecule has 20 heavy (non-hydrogen) atoms. The zero-order chi connectivity index (χ0) is 15.1. The summed E-state index contributed by atoms with van der Waals surface area (Å²) in [5.74, 6) is -0.671.